The number of hydrogen-bond acceptors (Lipinski definition) is 4. The van der Waals surface area contributed by atoms with Gasteiger partial charge in [0.05, 0.1) is 0 Å². The molecule has 0 fully saturated rings. The van der Waals surface area contributed by atoms with Gasteiger partial charge < -0.3 is 19.7 Å². The molecule has 188 valence electrons. The number of nitrogens with one attached hydrogen (secondary N) is 1. The third-order valence-electron chi connectivity index (χ3n) is 6.13. The summed E-state index contributed by atoms with van der Waals surface area (Å²) in [4.78, 5) is 28.8. The molecule has 0 aliphatic carbocycles. The molecule has 6 nitrogen and oxygen atoms in total. The summed E-state index contributed by atoms with van der Waals surface area (Å²) in [6.45, 7) is 5.29. The molecule has 1 heterocycles. The summed E-state index contributed by atoms with van der Waals surface area (Å²) in [6, 6.07) is 24.8. The minimum atomic E-state index is -0.622. The molecule has 0 bridgehead atoms. The Balaban J connectivity index is 1.57. The van der Waals surface area contributed by atoms with Gasteiger partial charge in [-0.05, 0) is 49.1 Å². The summed E-state index contributed by atoms with van der Waals surface area (Å²) in [5, 5.41) is 3.03. The van der Waals surface area contributed by atoms with Crippen molar-refractivity contribution in [3.63, 3.8) is 0 Å². The molecule has 0 spiro atoms. The number of carbonyl (C=O) groups excluding carboxylic acids is 2. The van der Waals surface area contributed by atoms with E-state index in [0.29, 0.717) is 38.3 Å². The van der Waals surface area contributed by atoms with Gasteiger partial charge in [-0.1, -0.05) is 66.7 Å². The van der Waals surface area contributed by atoms with Crippen LogP contribution < -0.4 is 14.8 Å². The highest BCUT2D eigenvalue weighted by Gasteiger charge is 2.30. The summed E-state index contributed by atoms with van der Waals surface area (Å²) < 4.78 is 11.3. The number of benzene rings is 3. The van der Waals surface area contributed by atoms with Crippen LogP contribution in [0.5, 0.6) is 11.5 Å². The summed E-state index contributed by atoms with van der Waals surface area (Å²) in [5.74, 6) is 1.24. The van der Waals surface area contributed by atoms with E-state index in [0.717, 1.165) is 22.4 Å². The van der Waals surface area contributed by atoms with Crippen molar-refractivity contribution in [2.75, 3.05) is 13.2 Å². The molecule has 1 aliphatic rings. The predicted octanol–water partition coefficient (Wildman–Crippen LogP) is 4.56. The Morgan fingerprint density at radius 1 is 0.833 bits per heavy atom. The molecule has 3 aromatic carbocycles. The number of carbonyl (C=O) groups is 2. The highest BCUT2D eigenvalue weighted by molar-refractivity contribution is 5.88. The van der Waals surface area contributed by atoms with Crippen LogP contribution in [0.15, 0.2) is 78.9 Å². The zero-order chi connectivity index (χ0) is 25.3. The molecule has 1 atom stereocenters. The minimum Gasteiger partial charge on any atom is -0.486 e. The maximum absolute atomic E-state index is 13.7. The number of aryl methyl sites for hydroxylation is 1. The Morgan fingerprint density at radius 2 is 1.47 bits per heavy atom. The van der Waals surface area contributed by atoms with Crippen LogP contribution in [0.4, 0.5) is 0 Å². The molecule has 1 N–H and O–H groups in total. The summed E-state index contributed by atoms with van der Waals surface area (Å²) in [6.07, 6.45) is 1.28. The molecule has 0 saturated heterocycles. The fourth-order valence-electron chi connectivity index (χ4n) is 4.35. The highest BCUT2D eigenvalue weighted by Crippen LogP contribution is 2.31. The third kappa shape index (κ3) is 6.87. The first-order chi connectivity index (χ1) is 17.5. The lowest BCUT2D eigenvalue weighted by Gasteiger charge is -2.32. The first-order valence-electron chi connectivity index (χ1n) is 12.6. The number of amides is 2. The molecular weight excluding hydrogens is 452 g/mol. The van der Waals surface area contributed by atoms with Crippen molar-refractivity contribution in [2.45, 2.75) is 51.7 Å². The van der Waals surface area contributed by atoms with E-state index >= 15 is 0 Å². The van der Waals surface area contributed by atoms with Crippen LogP contribution in [-0.4, -0.2) is 42.0 Å². The topological polar surface area (TPSA) is 67.9 Å². The molecular formula is C30H34N2O4. The van der Waals surface area contributed by atoms with Crippen molar-refractivity contribution >= 4 is 11.8 Å². The van der Waals surface area contributed by atoms with Crippen LogP contribution in [0.3, 0.4) is 0 Å². The fraction of sp³-hybridized carbons (Fsp3) is 0.333. The quantitative estimate of drug-likeness (QED) is 0.456. The van der Waals surface area contributed by atoms with Gasteiger partial charge in [-0.25, -0.2) is 0 Å². The van der Waals surface area contributed by atoms with Gasteiger partial charge in [0.2, 0.25) is 11.8 Å². The Labute approximate surface area is 213 Å². The van der Waals surface area contributed by atoms with Crippen molar-refractivity contribution < 1.29 is 19.1 Å². The van der Waals surface area contributed by atoms with E-state index < -0.39 is 6.04 Å². The number of ether oxygens (including phenoxy) is 2. The number of nitrogens with zero attached hydrogens (tertiary/aromatic N) is 1. The number of hydrogen-bond donors (Lipinski definition) is 1. The minimum absolute atomic E-state index is 0.0258. The molecule has 0 saturated carbocycles. The second-order valence-corrected chi connectivity index (χ2v) is 9.35. The van der Waals surface area contributed by atoms with Crippen molar-refractivity contribution in [1.82, 2.24) is 10.2 Å². The van der Waals surface area contributed by atoms with Crippen LogP contribution in [0, 0.1) is 0 Å². The SMILES string of the molecule is CC(C)NC(=O)[C@@H](Cc1ccccc1)N(Cc1ccccc1)C(=O)CCc1ccc2c(c1)OCCO2. The van der Waals surface area contributed by atoms with Gasteiger partial charge >= 0.3 is 0 Å². The number of rotatable bonds is 10. The summed E-state index contributed by atoms with van der Waals surface area (Å²) >= 11 is 0. The van der Waals surface area contributed by atoms with Gasteiger partial charge in [-0.15, -0.1) is 0 Å². The van der Waals surface area contributed by atoms with E-state index in [4.69, 9.17) is 9.47 Å². The molecule has 0 unspecified atom stereocenters. The second-order valence-electron chi connectivity index (χ2n) is 9.35. The average Bonchev–Trinajstić information content (AvgIpc) is 2.90. The van der Waals surface area contributed by atoms with Crippen molar-refractivity contribution in [3.05, 3.63) is 95.6 Å². The predicted molar refractivity (Wildman–Crippen MR) is 140 cm³/mol. The Morgan fingerprint density at radius 3 is 2.14 bits per heavy atom. The third-order valence-corrected chi connectivity index (χ3v) is 6.13. The lowest BCUT2D eigenvalue weighted by molar-refractivity contribution is -0.141. The normalized spacial score (nSPS) is 13.2. The smallest absolute Gasteiger partial charge is 0.243 e. The molecule has 6 heteroatoms. The van der Waals surface area contributed by atoms with Crippen LogP contribution >= 0.6 is 0 Å². The molecule has 2 amide bonds. The first kappa shape index (κ1) is 25.3. The van der Waals surface area contributed by atoms with E-state index in [1.165, 1.54) is 0 Å². The lowest BCUT2D eigenvalue weighted by atomic mass is 10.0. The molecule has 3 aromatic rings. The second kappa shape index (κ2) is 12.2. The van der Waals surface area contributed by atoms with Crippen molar-refractivity contribution in [3.8, 4) is 11.5 Å². The van der Waals surface area contributed by atoms with Gasteiger partial charge in [-0.3, -0.25) is 9.59 Å². The van der Waals surface area contributed by atoms with Gasteiger partial charge in [0.25, 0.3) is 0 Å². The van der Waals surface area contributed by atoms with E-state index in [1.807, 2.05) is 92.7 Å². The summed E-state index contributed by atoms with van der Waals surface area (Å²) in [7, 11) is 0. The van der Waals surface area contributed by atoms with Crippen molar-refractivity contribution in [1.29, 1.82) is 0 Å². The molecule has 4 rings (SSSR count). The lowest BCUT2D eigenvalue weighted by Crippen LogP contribution is -2.51. The zero-order valence-corrected chi connectivity index (χ0v) is 21.0. The fourth-order valence-corrected chi connectivity index (χ4v) is 4.35. The van der Waals surface area contributed by atoms with E-state index in [9.17, 15) is 9.59 Å². The molecule has 0 radical (unpaired) electrons. The monoisotopic (exact) mass is 486 g/mol. The van der Waals surface area contributed by atoms with E-state index in [1.54, 1.807) is 4.90 Å². The highest BCUT2D eigenvalue weighted by atomic mass is 16.6. The van der Waals surface area contributed by atoms with Crippen LogP contribution in [-0.2, 0) is 29.0 Å². The van der Waals surface area contributed by atoms with Crippen molar-refractivity contribution in [2.24, 2.45) is 0 Å². The molecule has 36 heavy (non-hydrogen) atoms. The average molecular weight is 487 g/mol. The Hall–Kier alpha value is -3.80. The van der Waals surface area contributed by atoms with E-state index in [-0.39, 0.29) is 24.3 Å². The summed E-state index contributed by atoms with van der Waals surface area (Å²) in [5.41, 5.74) is 3.00. The maximum atomic E-state index is 13.7. The Bertz CT molecular complexity index is 1150. The van der Waals surface area contributed by atoms with Gasteiger partial charge in [0.1, 0.15) is 19.3 Å². The molecule has 1 aliphatic heterocycles. The van der Waals surface area contributed by atoms with Gasteiger partial charge in [0.15, 0.2) is 11.5 Å². The first-order valence-corrected chi connectivity index (χ1v) is 12.6. The van der Waals surface area contributed by atoms with Gasteiger partial charge in [0, 0.05) is 25.4 Å². The largest absolute Gasteiger partial charge is 0.486 e. The Kier molecular flexibility index (Phi) is 8.61. The zero-order valence-electron chi connectivity index (χ0n) is 21.0. The van der Waals surface area contributed by atoms with Crippen LogP contribution in [0.2, 0.25) is 0 Å². The van der Waals surface area contributed by atoms with E-state index in [2.05, 4.69) is 5.32 Å². The molecule has 0 aromatic heterocycles. The van der Waals surface area contributed by atoms with Gasteiger partial charge in [-0.2, -0.15) is 0 Å². The standard InChI is InChI=1S/C30H34N2O4/c1-22(2)31-30(34)26(19-23-9-5-3-6-10-23)32(21-25-11-7-4-8-12-25)29(33)16-14-24-13-15-27-28(20-24)36-18-17-35-27/h3-13,15,20,22,26H,14,16-19,21H2,1-2H3,(H,31,34)/t26-/m1/s1. The number of fused-ring (bicyclic) bond motifs is 1. The van der Waals surface area contributed by atoms with Crippen LogP contribution in [0.25, 0.3) is 0 Å². The maximum Gasteiger partial charge on any atom is 0.243 e. The van der Waals surface area contributed by atoms with Crippen LogP contribution in [0.1, 0.15) is 37.0 Å².